The van der Waals surface area contributed by atoms with Gasteiger partial charge in [-0.25, -0.2) is 0 Å². The van der Waals surface area contributed by atoms with Crippen LogP contribution in [0.5, 0.6) is 0 Å². The Morgan fingerprint density at radius 1 is 1.12 bits per heavy atom. The first-order valence-corrected chi connectivity index (χ1v) is 7.70. The minimum absolute atomic E-state index is 0.141. The van der Waals surface area contributed by atoms with Crippen molar-refractivity contribution in [3.05, 3.63) is 72.9 Å². The topological polar surface area (TPSA) is 52.6 Å². The molecule has 0 fully saturated rings. The van der Waals surface area contributed by atoms with E-state index in [0.29, 0.717) is 0 Å². The Hall–Kier alpha value is -2.62. The normalized spacial score (nSPS) is 13.0. The Bertz CT molecular complexity index is 598. The molecule has 0 amide bonds. The largest absolute Gasteiger partial charge is 0.468 e. The van der Waals surface area contributed by atoms with Gasteiger partial charge >= 0.3 is 11.9 Å². The number of benzene rings is 1. The molecule has 0 N–H and O–H groups in total. The van der Waals surface area contributed by atoms with E-state index in [0.717, 1.165) is 5.56 Å². The van der Waals surface area contributed by atoms with Crippen LogP contribution in [0.25, 0.3) is 0 Å². The second kappa shape index (κ2) is 9.50. The zero-order chi connectivity index (χ0) is 18.0. The van der Waals surface area contributed by atoms with Gasteiger partial charge < -0.3 is 9.47 Å². The van der Waals surface area contributed by atoms with Crippen molar-refractivity contribution < 1.29 is 19.1 Å². The number of rotatable bonds is 8. The molecule has 4 heteroatoms. The summed E-state index contributed by atoms with van der Waals surface area (Å²) in [6.45, 7) is 5.71. The number of carbonyl (C=O) groups excluding carboxylic acids is 2. The van der Waals surface area contributed by atoms with Crippen molar-refractivity contribution in [3.8, 4) is 0 Å². The molecule has 0 saturated heterocycles. The molecule has 128 valence electrons. The Kier molecular flexibility index (Phi) is 7.69. The maximum Gasteiger partial charge on any atom is 0.324 e. The molecule has 0 heterocycles. The molecule has 4 nitrogen and oxygen atoms in total. The average Bonchev–Trinajstić information content (AvgIpc) is 2.63. The van der Waals surface area contributed by atoms with Crippen molar-refractivity contribution in [2.24, 2.45) is 5.41 Å². The van der Waals surface area contributed by atoms with Crippen molar-refractivity contribution in [1.29, 1.82) is 0 Å². The first kappa shape index (κ1) is 19.4. The molecule has 1 aromatic carbocycles. The van der Waals surface area contributed by atoms with Gasteiger partial charge in [-0.15, -0.1) is 6.58 Å². The van der Waals surface area contributed by atoms with Gasteiger partial charge in [-0.1, -0.05) is 60.7 Å². The summed E-state index contributed by atoms with van der Waals surface area (Å²) in [5.74, 6) is -1.87. The van der Waals surface area contributed by atoms with Gasteiger partial charge in [0.15, 0.2) is 5.41 Å². The van der Waals surface area contributed by atoms with E-state index in [9.17, 15) is 9.59 Å². The third-order valence-electron chi connectivity index (χ3n) is 3.90. The van der Waals surface area contributed by atoms with Gasteiger partial charge in [-0.3, -0.25) is 9.59 Å². The van der Waals surface area contributed by atoms with Crippen LogP contribution in [0, 0.1) is 5.41 Å². The number of methoxy groups -OCH3 is 2. The number of hydrogen-bond donors (Lipinski definition) is 0. The Balaban J connectivity index is 3.49. The predicted molar refractivity (Wildman–Crippen MR) is 94.4 cm³/mol. The van der Waals surface area contributed by atoms with E-state index >= 15 is 0 Å². The second-order valence-corrected chi connectivity index (χ2v) is 5.24. The predicted octanol–water partition coefficient (Wildman–Crippen LogP) is 3.81. The highest BCUT2D eigenvalue weighted by Crippen LogP contribution is 2.42. The summed E-state index contributed by atoms with van der Waals surface area (Å²) in [5.41, 5.74) is -0.729. The lowest BCUT2D eigenvalue weighted by molar-refractivity contribution is -0.170. The molecule has 0 radical (unpaired) electrons. The number of carbonyl (C=O) groups is 2. The summed E-state index contributed by atoms with van der Waals surface area (Å²) >= 11 is 0. The lowest BCUT2D eigenvalue weighted by Gasteiger charge is -2.33. The van der Waals surface area contributed by atoms with Gasteiger partial charge in [0.25, 0.3) is 0 Å². The van der Waals surface area contributed by atoms with Crippen molar-refractivity contribution in [1.82, 2.24) is 0 Å². The Labute approximate surface area is 143 Å². The standard InChI is InChI=1S/C20H24O4/c1-5-7-8-12-15-20(18(21)23-3,19(22)24-4)17(6-2)16-13-10-9-11-14-16/h5-14,17H,2,15H2,1,3-4H3. The highest BCUT2D eigenvalue weighted by molar-refractivity contribution is 6.01. The fourth-order valence-corrected chi connectivity index (χ4v) is 2.72. The van der Waals surface area contributed by atoms with Crippen molar-refractivity contribution in [2.75, 3.05) is 14.2 Å². The highest BCUT2D eigenvalue weighted by atomic mass is 16.5. The van der Waals surface area contributed by atoms with E-state index in [-0.39, 0.29) is 6.42 Å². The SMILES string of the molecule is C=CC(c1ccccc1)C(CC=CC=CC)(C(=O)OC)C(=O)OC. The highest BCUT2D eigenvalue weighted by Gasteiger charge is 2.53. The van der Waals surface area contributed by atoms with Crippen LogP contribution in [-0.4, -0.2) is 26.2 Å². The van der Waals surface area contributed by atoms with Gasteiger partial charge in [0.2, 0.25) is 0 Å². The maximum absolute atomic E-state index is 12.6. The number of hydrogen-bond acceptors (Lipinski definition) is 4. The molecule has 24 heavy (non-hydrogen) atoms. The van der Waals surface area contributed by atoms with Crippen LogP contribution in [0.1, 0.15) is 24.8 Å². The van der Waals surface area contributed by atoms with Crippen molar-refractivity contribution >= 4 is 11.9 Å². The molecule has 0 aliphatic rings. The quantitative estimate of drug-likeness (QED) is 0.315. The molecule has 1 rings (SSSR count). The summed E-state index contributed by atoms with van der Waals surface area (Å²) in [7, 11) is 2.53. The van der Waals surface area contributed by atoms with Crippen LogP contribution in [-0.2, 0) is 19.1 Å². The van der Waals surface area contributed by atoms with Crippen LogP contribution >= 0.6 is 0 Å². The Morgan fingerprint density at radius 2 is 1.71 bits per heavy atom. The van der Waals surface area contributed by atoms with Crippen LogP contribution in [0.2, 0.25) is 0 Å². The molecule has 0 saturated carbocycles. The molecule has 1 aromatic rings. The van der Waals surface area contributed by atoms with Crippen LogP contribution in [0.15, 0.2) is 67.3 Å². The zero-order valence-electron chi connectivity index (χ0n) is 14.4. The second-order valence-electron chi connectivity index (χ2n) is 5.24. The van der Waals surface area contributed by atoms with E-state index in [1.807, 2.05) is 49.4 Å². The molecule has 0 aromatic heterocycles. The molecule has 0 aliphatic heterocycles. The van der Waals surface area contributed by atoms with Crippen molar-refractivity contribution in [3.63, 3.8) is 0 Å². The third kappa shape index (κ3) is 4.02. The van der Waals surface area contributed by atoms with E-state index in [4.69, 9.17) is 9.47 Å². The minimum atomic E-state index is -1.52. The van der Waals surface area contributed by atoms with Crippen molar-refractivity contribution in [2.45, 2.75) is 19.3 Å². The van der Waals surface area contributed by atoms with Gasteiger partial charge in [0.1, 0.15) is 0 Å². The lowest BCUT2D eigenvalue weighted by Crippen LogP contribution is -2.45. The summed E-state index contributed by atoms with van der Waals surface area (Å²) in [5, 5.41) is 0. The van der Waals surface area contributed by atoms with Gasteiger partial charge in [0.05, 0.1) is 14.2 Å². The summed E-state index contributed by atoms with van der Waals surface area (Å²) in [4.78, 5) is 25.3. The smallest absolute Gasteiger partial charge is 0.324 e. The molecular weight excluding hydrogens is 304 g/mol. The van der Waals surface area contributed by atoms with E-state index in [1.165, 1.54) is 14.2 Å². The fourth-order valence-electron chi connectivity index (χ4n) is 2.72. The number of allylic oxidation sites excluding steroid dienone is 5. The molecule has 1 unspecified atom stereocenters. The van der Waals surface area contributed by atoms with E-state index < -0.39 is 23.3 Å². The minimum Gasteiger partial charge on any atom is -0.468 e. The van der Waals surface area contributed by atoms with Crippen LogP contribution in [0.4, 0.5) is 0 Å². The average molecular weight is 328 g/mol. The molecule has 0 aliphatic carbocycles. The van der Waals surface area contributed by atoms with Gasteiger partial charge in [0, 0.05) is 5.92 Å². The Morgan fingerprint density at radius 3 is 2.17 bits per heavy atom. The van der Waals surface area contributed by atoms with Crippen LogP contribution in [0.3, 0.4) is 0 Å². The summed E-state index contributed by atoms with van der Waals surface area (Å²) in [6, 6.07) is 9.26. The van der Waals surface area contributed by atoms with E-state index in [2.05, 4.69) is 6.58 Å². The molecule has 0 spiro atoms. The summed E-state index contributed by atoms with van der Waals surface area (Å²) < 4.78 is 9.92. The lowest BCUT2D eigenvalue weighted by atomic mass is 9.69. The molecule has 0 bridgehead atoms. The first-order chi connectivity index (χ1) is 11.6. The monoisotopic (exact) mass is 328 g/mol. The fraction of sp³-hybridized carbons (Fsp3) is 0.300. The number of esters is 2. The van der Waals surface area contributed by atoms with Gasteiger partial charge in [-0.05, 0) is 18.9 Å². The van der Waals surface area contributed by atoms with E-state index in [1.54, 1.807) is 18.2 Å². The molecule has 1 atom stereocenters. The molecular formula is C20H24O4. The number of ether oxygens (including phenoxy) is 2. The zero-order valence-corrected chi connectivity index (χ0v) is 14.4. The third-order valence-corrected chi connectivity index (χ3v) is 3.90. The first-order valence-electron chi connectivity index (χ1n) is 7.70. The maximum atomic E-state index is 12.6. The van der Waals surface area contributed by atoms with Gasteiger partial charge in [-0.2, -0.15) is 0 Å². The summed E-state index contributed by atoms with van der Waals surface area (Å²) in [6.07, 6.45) is 8.95. The van der Waals surface area contributed by atoms with Crippen LogP contribution < -0.4 is 0 Å².